The molecule has 0 saturated heterocycles. The molecule has 0 unspecified atom stereocenters. The Hall–Kier alpha value is -2.29. The average molecular weight is 384 g/mol. The van der Waals surface area contributed by atoms with Crippen LogP contribution in [-0.4, -0.2) is 6.21 Å². The fourth-order valence-electron chi connectivity index (χ4n) is 2.46. The molecule has 26 heavy (non-hydrogen) atoms. The highest BCUT2D eigenvalue weighted by molar-refractivity contribution is 6.31. The van der Waals surface area contributed by atoms with Gasteiger partial charge in [-0.3, -0.25) is 4.99 Å². The van der Waals surface area contributed by atoms with Crippen LogP contribution in [0.4, 0.5) is 5.69 Å². The number of aliphatic imine (C=N–C) groups is 1. The first-order chi connectivity index (χ1) is 12.5. The van der Waals surface area contributed by atoms with Gasteiger partial charge in [0.25, 0.3) is 0 Å². The molecule has 4 heteroatoms. The van der Waals surface area contributed by atoms with Crippen molar-refractivity contribution in [3.05, 3.63) is 93.0 Å². The van der Waals surface area contributed by atoms with Crippen molar-refractivity contribution in [1.29, 1.82) is 0 Å². The van der Waals surface area contributed by atoms with Crippen molar-refractivity contribution < 1.29 is 4.74 Å². The first-order valence-corrected chi connectivity index (χ1v) is 9.05. The number of nitrogens with zero attached hydrogens (tertiary/aromatic N) is 1. The number of aryl methyl sites for hydroxylation is 2. The third-order valence-electron chi connectivity index (χ3n) is 4.00. The van der Waals surface area contributed by atoms with Crippen molar-refractivity contribution in [1.82, 2.24) is 0 Å². The highest BCUT2D eigenvalue weighted by Gasteiger charge is 2.05. The van der Waals surface area contributed by atoms with Crippen molar-refractivity contribution in [2.24, 2.45) is 4.99 Å². The fraction of sp³-hybridized carbons (Fsp3) is 0.136. The second kappa shape index (κ2) is 8.39. The van der Waals surface area contributed by atoms with E-state index in [0.29, 0.717) is 16.7 Å². The third kappa shape index (κ3) is 4.87. The molecule has 2 nitrogen and oxygen atoms in total. The van der Waals surface area contributed by atoms with Crippen molar-refractivity contribution in [3.8, 4) is 5.75 Å². The molecule has 3 aromatic carbocycles. The number of hydrogen-bond acceptors (Lipinski definition) is 2. The van der Waals surface area contributed by atoms with Gasteiger partial charge in [-0.05, 0) is 55.3 Å². The van der Waals surface area contributed by atoms with Crippen molar-refractivity contribution in [2.45, 2.75) is 20.5 Å². The van der Waals surface area contributed by atoms with E-state index in [0.717, 1.165) is 28.1 Å². The highest BCUT2D eigenvalue weighted by atomic mass is 35.5. The smallest absolute Gasteiger partial charge is 0.128 e. The largest absolute Gasteiger partial charge is 0.488 e. The van der Waals surface area contributed by atoms with Crippen LogP contribution in [0.1, 0.15) is 22.3 Å². The first-order valence-electron chi connectivity index (χ1n) is 8.29. The van der Waals surface area contributed by atoms with E-state index in [4.69, 9.17) is 27.9 Å². The second-order valence-electron chi connectivity index (χ2n) is 6.15. The van der Waals surface area contributed by atoms with Crippen LogP contribution in [0.3, 0.4) is 0 Å². The Kier molecular flexibility index (Phi) is 5.97. The molecule has 0 amide bonds. The molecule has 3 rings (SSSR count). The Morgan fingerprint density at radius 2 is 1.58 bits per heavy atom. The Morgan fingerprint density at radius 3 is 2.35 bits per heavy atom. The van der Waals surface area contributed by atoms with Gasteiger partial charge in [-0.1, -0.05) is 59.1 Å². The zero-order chi connectivity index (χ0) is 18.5. The van der Waals surface area contributed by atoms with Gasteiger partial charge in [-0.25, -0.2) is 0 Å². The lowest BCUT2D eigenvalue weighted by molar-refractivity contribution is 0.306. The summed E-state index contributed by atoms with van der Waals surface area (Å²) in [5.74, 6) is 0.735. The molecule has 0 N–H and O–H groups in total. The van der Waals surface area contributed by atoms with Crippen LogP contribution in [0.2, 0.25) is 10.0 Å². The summed E-state index contributed by atoms with van der Waals surface area (Å²) in [6, 6.07) is 19.4. The van der Waals surface area contributed by atoms with Gasteiger partial charge in [0.2, 0.25) is 0 Å². The molecule has 0 bridgehead atoms. The molecule has 0 spiro atoms. The number of halogens is 2. The first kappa shape index (κ1) is 18.5. The normalized spacial score (nSPS) is 11.1. The van der Waals surface area contributed by atoms with E-state index in [1.807, 2.05) is 43.3 Å². The van der Waals surface area contributed by atoms with Gasteiger partial charge in [0.05, 0.1) is 5.69 Å². The molecule has 0 aliphatic heterocycles. The van der Waals surface area contributed by atoms with Crippen LogP contribution in [-0.2, 0) is 6.61 Å². The minimum atomic E-state index is 0.485. The molecular formula is C22H19Cl2NO. The van der Waals surface area contributed by atoms with E-state index in [1.165, 1.54) is 5.56 Å². The molecule has 0 aliphatic carbocycles. The maximum absolute atomic E-state index is 6.15. The zero-order valence-corrected chi connectivity index (χ0v) is 16.2. The Morgan fingerprint density at radius 1 is 0.885 bits per heavy atom. The Labute approximate surface area is 164 Å². The van der Waals surface area contributed by atoms with E-state index in [1.54, 1.807) is 6.21 Å². The van der Waals surface area contributed by atoms with E-state index >= 15 is 0 Å². The molecule has 0 fully saturated rings. The molecule has 0 aliphatic rings. The highest BCUT2D eigenvalue weighted by Crippen LogP contribution is 2.26. The minimum Gasteiger partial charge on any atom is -0.488 e. The van der Waals surface area contributed by atoms with Gasteiger partial charge in [0.15, 0.2) is 0 Å². The SMILES string of the molecule is Cc1ccc(COc2ccc(Cl)cc2C=Nc2cc(Cl)ccc2C)cc1. The second-order valence-corrected chi connectivity index (χ2v) is 7.02. The van der Waals surface area contributed by atoms with Gasteiger partial charge in [-0.15, -0.1) is 0 Å². The van der Waals surface area contributed by atoms with Crippen LogP contribution in [0.15, 0.2) is 65.7 Å². The monoisotopic (exact) mass is 383 g/mol. The Balaban J connectivity index is 1.82. The summed E-state index contributed by atoms with van der Waals surface area (Å²) in [6.07, 6.45) is 1.76. The molecule has 132 valence electrons. The van der Waals surface area contributed by atoms with Gasteiger partial charge >= 0.3 is 0 Å². The van der Waals surface area contributed by atoms with Crippen LogP contribution in [0.5, 0.6) is 5.75 Å². The third-order valence-corrected chi connectivity index (χ3v) is 4.47. The van der Waals surface area contributed by atoms with Gasteiger partial charge in [0, 0.05) is 21.8 Å². The summed E-state index contributed by atoms with van der Waals surface area (Å²) in [5.41, 5.74) is 5.03. The lowest BCUT2D eigenvalue weighted by Crippen LogP contribution is -1.98. The van der Waals surface area contributed by atoms with Crippen LogP contribution < -0.4 is 4.74 Å². The van der Waals surface area contributed by atoms with E-state index in [2.05, 4.69) is 36.2 Å². The predicted molar refractivity (Wildman–Crippen MR) is 110 cm³/mol. The zero-order valence-electron chi connectivity index (χ0n) is 14.7. The molecule has 0 heterocycles. The molecule has 3 aromatic rings. The fourth-order valence-corrected chi connectivity index (χ4v) is 2.80. The molecule has 0 atom stereocenters. The van der Waals surface area contributed by atoms with Crippen molar-refractivity contribution in [2.75, 3.05) is 0 Å². The van der Waals surface area contributed by atoms with Crippen molar-refractivity contribution >= 4 is 35.1 Å². The molecule has 0 aromatic heterocycles. The summed E-state index contributed by atoms with van der Waals surface area (Å²) in [5, 5.41) is 1.29. The number of benzene rings is 3. The number of ether oxygens (including phenoxy) is 1. The number of hydrogen-bond donors (Lipinski definition) is 0. The standard InChI is InChI=1S/C22H19Cl2NO/c1-15-3-6-17(7-4-15)14-26-22-10-9-19(23)11-18(22)13-25-21-12-20(24)8-5-16(21)2/h3-13H,14H2,1-2H3. The summed E-state index contributed by atoms with van der Waals surface area (Å²) in [4.78, 5) is 4.56. The van der Waals surface area contributed by atoms with Gasteiger partial charge < -0.3 is 4.74 Å². The summed E-state index contributed by atoms with van der Waals surface area (Å²) in [6.45, 7) is 4.55. The maximum atomic E-state index is 6.15. The maximum Gasteiger partial charge on any atom is 0.128 e. The summed E-state index contributed by atoms with van der Waals surface area (Å²) in [7, 11) is 0. The van der Waals surface area contributed by atoms with E-state index < -0.39 is 0 Å². The van der Waals surface area contributed by atoms with Gasteiger partial charge in [0.1, 0.15) is 12.4 Å². The quantitative estimate of drug-likeness (QED) is 0.437. The molecule has 0 radical (unpaired) electrons. The molecule has 0 saturated carbocycles. The minimum absolute atomic E-state index is 0.485. The molecular weight excluding hydrogens is 365 g/mol. The van der Waals surface area contributed by atoms with Crippen LogP contribution in [0.25, 0.3) is 0 Å². The van der Waals surface area contributed by atoms with Crippen LogP contribution in [0, 0.1) is 13.8 Å². The van der Waals surface area contributed by atoms with Crippen molar-refractivity contribution in [3.63, 3.8) is 0 Å². The summed E-state index contributed by atoms with van der Waals surface area (Å²) < 4.78 is 5.98. The van der Waals surface area contributed by atoms with E-state index in [9.17, 15) is 0 Å². The number of rotatable bonds is 5. The topological polar surface area (TPSA) is 21.6 Å². The summed E-state index contributed by atoms with van der Waals surface area (Å²) >= 11 is 12.2. The van der Waals surface area contributed by atoms with Gasteiger partial charge in [-0.2, -0.15) is 0 Å². The van der Waals surface area contributed by atoms with E-state index in [-0.39, 0.29) is 0 Å². The lowest BCUT2D eigenvalue weighted by Gasteiger charge is -2.10. The predicted octanol–water partition coefficient (Wildman–Crippen LogP) is 6.94. The lowest BCUT2D eigenvalue weighted by atomic mass is 10.1. The average Bonchev–Trinajstić information content (AvgIpc) is 2.63. The van der Waals surface area contributed by atoms with Crippen LogP contribution >= 0.6 is 23.2 Å². The Bertz CT molecular complexity index is 933.